The van der Waals surface area contributed by atoms with Crippen LogP contribution in [-0.2, 0) is 0 Å². The number of hydrogen-bond acceptors (Lipinski definition) is 2. The van der Waals surface area contributed by atoms with E-state index < -0.39 is 0 Å². The predicted molar refractivity (Wildman–Crippen MR) is 89.9 cm³/mol. The highest BCUT2D eigenvalue weighted by Gasteiger charge is 2.03. The van der Waals surface area contributed by atoms with Crippen LogP contribution in [0.15, 0.2) is 53.5 Å². The maximum Gasteiger partial charge on any atom is 0.138 e. The summed E-state index contributed by atoms with van der Waals surface area (Å²) in [7, 11) is 0. The van der Waals surface area contributed by atoms with E-state index in [0.717, 1.165) is 27.7 Å². The number of benzene rings is 2. The van der Waals surface area contributed by atoms with Gasteiger partial charge >= 0.3 is 0 Å². The van der Waals surface area contributed by atoms with Crippen molar-refractivity contribution in [3.8, 4) is 0 Å². The molecule has 3 rings (SSSR count). The van der Waals surface area contributed by atoms with Gasteiger partial charge in [-0.1, -0.05) is 47.5 Å². The third-order valence-electron chi connectivity index (χ3n) is 3.40. The predicted octanol–water partition coefficient (Wildman–Crippen LogP) is 5.26. The fourth-order valence-electron chi connectivity index (χ4n) is 2.29. The first kappa shape index (κ1) is 13.8. The number of halogens is 1. The van der Waals surface area contributed by atoms with Crippen molar-refractivity contribution in [1.82, 2.24) is 4.98 Å². The molecule has 0 aliphatic carbocycles. The fraction of sp³-hybridized carbons (Fsp3) is 0.111. The molecule has 21 heavy (non-hydrogen) atoms. The molecular weight excluding hydrogens is 280 g/mol. The van der Waals surface area contributed by atoms with Gasteiger partial charge in [-0.25, -0.2) is 4.98 Å². The van der Waals surface area contributed by atoms with Crippen molar-refractivity contribution in [2.24, 2.45) is 4.99 Å². The molecule has 3 heteroatoms. The molecule has 104 valence electrons. The van der Waals surface area contributed by atoms with Crippen LogP contribution in [0.4, 0.5) is 5.69 Å². The Morgan fingerprint density at radius 2 is 1.86 bits per heavy atom. The van der Waals surface area contributed by atoms with E-state index in [9.17, 15) is 0 Å². The zero-order chi connectivity index (χ0) is 14.8. The summed E-state index contributed by atoms with van der Waals surface area (Å²) in [5.74, 6) is 0. The van der Waals surface area contributed by atoms with Gasteiger partial charge in [0.1, 0.15) is 5.15 Å². The maximum atomic E-state index is 6.23. The molecule has 1 aromatic heterocycles. The van der Waals surface area contributed by atoms with Crippen LogP contribution in [0.1, 0.15) is 16.7 Å². The molecule has 0 aliphatic heterocycles. The van der Waals surface area contributed by atoms with E-state index in [0.29, 0.717) is 5.15 Å². The number of aromatic nitrogens is 1. The minimum atomic E-state index is 0.474. The highest BCUT2D eigenvalue weighted by Crippen LogP contribution is 2.22. The van der Waals surface area contributed by atoms with Crippen LogP contribution < -0.4 is 0 Å². The molecule has 0 N–H and O–H groups in total. The number of aryl methyl sites for hydroxylation is 2. The maximum absolute atomic E-state index is 6.23. The molecule has 0 atom stereocenters. The Labute approximate surface area is 129 Å². The SMILES string of the molecule is Cc1ccc(N=Cc2cc3ccccc3nc2Cl)c(C)c1. The van der Waals surface area contributed by atoms with Gasteiger partial charge in [-0.15, -0.1) is 0 Å². The second-order valence-electron chi connectivity index (χ2n) is 5.11. The van der Waals surface area contributed by atoms with Gasteiger partial charge in [0.2, 0.25) is 0 Å². The van der Waals surface area contributed by atoms with Crippen LogP contribution in [-0.4, -0.2) is 11.2 Å². The normalized spacial score (nSPS) is 11.4. The highest BCUT2D eigenvalue weighted by molar-refractivity contribution is 6.32. The molecule has 0 spiro atoms. The minimum absolute atomic E-state index is 0.474. The zero-order valence-electron chi connectivity index (χ0n) is 12.0. The monoisotopic (exact) mass is 294 g/mol. The molecular formula is C18H15ClN2. The Hall–Kier alpha value is -2.19. The smallest absolute Gasteiger partial charge is 0.138 e. The average molecular weight is 295 g/mol. The molecule has 0 unspecified atom stereocenters. The van der Waals surface area contributed by atoms with Gasteiger partial charge in [-0.3, -0.25) is 4.99 Å². The van der Waals surface area contributed by atoms with Crippen LogP contribution in [0.5, 0.6) is 0 Å². The standard InChI is InChI=1S/C18H15ClN2/c1-12-7-8-16(13(2)9-12)20-11-15-10-14-5-3-4-6-17(14)21-18(15)19/h3-11H,1-2H3. The van der Waals surface area contributed by atoms with E-state index in [4.69, 9.17) is 11.6 Å². The second kappa shape index (κ2) is 5.66. The Kier molecular flexibility index (Phi) is 3.72. The summed E-state index contributed by atoms with van der Waals surface area (Å²) < 4.78 is 0. The van der Waals surface area contributed by atoms with Gasteiger partial charge in [0.25, 0.3) is 0 Å². The van der Waals surface area contributed by atoms with E-state index >= 15 is 0 Å². The number of fused-ring (bicyclic) bond motifs is 1. The summed E-state index contributed by atoms with van der Waals surface area (Å²) in [6.45, 7) is 4.13. The van der Waals surface area contributed by atoms with Gasteiger partial charge in [-0.05, 0) is 37.6 Å². The lowest BCUT2D eigenvalue weighted by Crippen LogP contribution is -1.89. The molecule has 2 nitrogen and oxygen atoms in total. The van der Waals surface area contributed by atoms with Crippen molar-refractivity contribution >= 4 is 34.4 Å². The molecule has 0 saturated heterocycles. The number of rotatable bonds is 2. The number of hydrogen-bond donors (Lipinski definition) is 0. The summed E-state index contributed by atoms with van der Waals surface area (Å²) in [6.07, 6.45) is 1.78. The van der Waals surface area contributed by atoms with Gasteiger partial charge < -0.3 is 0 Å². The quantitative estimate of drug-likeness (QED) is 0.468. The van der Waals surface area contributed by atoms with E-state index in [1.54, 1.807) is 6.21 Å². The Balaban J connectivity index is 2.00. The number of aliphatic imine (C=N–C) groups is 1. The van der Waals surface area contributed by atoms with Gasteiger partial charge in [-0.2, -0.15) is 0 Å². The lowest BCUT2D eigenvalue weighted by molar-refractivity contribution is 1.34. The first-order chi connectivity index (χ1) is 10.1. The average Bonchev–Trinajstić information content (AvgIpc) is 2.46. The number of para-hydroxylation sites is 1. The van der Waals surface area contributed by atoms with Crippen LogP contribution >= 0.6 is 11.6 Å². The third-order valence-corrected chi connectivity index (χ3v) is 3.70. The Morgan fingerprint density at radius 1 is 1.05 bits per heavy atom. The van der Waals surface area contributed by atoms with Crippen molar-refractivity contribution in [3.63, 3.8) is 0 Å². The van der Waals surface area contributed by atoms with E-state index in [1.165, 1.54) is 5.56 Å². The topological polar surface area (TPSA) is 25.2 Å². The zero-order valence-corrected chi connectivity index (χ0v) is 12.7. The van der Waals surface area contributed by atoms with Gasteiger partial charge in [0.05, 0.1) is 11.2 Å². The Morgan fingerprint density at radius 3 is 2.67 bits per heavy atom. The summed E-state index contributed by atoms with van der Waals surface area (Å²) >= 11 is 6.23. The highest BCUT2D eigenvalue weighted by atomic mass is 35.5. The Bertz CT molecular complexity index is 838. The molecule has 0 saturated carbocycles. The largest absolute Gasteiger partial charge is 0.256 e. The number of pyridine rings is 1. The van der Waals surface area contributed by atoms with E-state index in [1.807, 2.05) is 36.4 Å². The van der Waals surface area contributed by atoms with Crippen molar-refractivity contribution in [2.75, 3.05) is 0 Å². The first-order valence-electron chi connectivity index (χ1n) is 6.80. The summed E-state index contributed by atoms with van der Waals surface area (Å²) in [5, 5.41) is 1.53. The van der Waals surface area contributed by atoms with Crippen molar-refractivity contribution in [1.29, 1.82) is 0 Å². The molecule has 0 aliphatic rings. The summed E-state index contributed by atoms with van der Waals surface area (Å²) in [5.41, 5.74) is 5.05. The minimum Gasteiger partial charge on any atom is -0.256 e. The van der Waals surface area contributed by atoms with Crippen LogP contribution in [0, 0.1) is 13.8 Å². The second-order valence-corrected chi connectivity index (χ2v) is 5.47. The van der Waals surface area contributed by atoms with Gasteiger partial charge in [0.15, 0.2) is 0 Å². The fourth-order valence-corrected chi connectivity index (χ4v) is 2.48. The van der Waals surface area contributed by atoms with Crippen LogP contribution in [0.3, 0.4) is 0 Å². The molecule has 0 radical (unpaired) electrons. The van der Waals surface area contributed by atoms with Crippen LogP contribution in [0.2, 0.25) is 5.15 Å². The summed E-state index contributed by atoms with van der Waals surface area (Å²) in [6, 6.07) is 16.1. The van der Waals surface area contributed by atoms with E-state index in [2.05, 4.69) is 36.0 Å². The van der Waals surface area contributed by atoms with Crippen molar-refractivity contribution in [3.05, 3.63) is 70.4 Å². The lowest BCUT2D eigenvalue weighted by atomic mass is 10.1. The van der Waals surface area contributed by atoms with Crippen LogP contribution in [0.25, 0.3) is 10.9 Å². The molecule has 1 heterocycles. The van der Waals surface area contributed by atoms with Gasteiger partial charge in [0, 0.05) is 17.2 Å². The van der Waals surface area contributed by atoms with Crippen molar-refractivity contribution < 1.29 is 0 Å². The molecule has 2 aromatic carbocycles. The van der Waals surface area contributed by atoms with Crippen molar-refractivity contribution in [2.45, 2.75) is 13.8 Å². The molecule has 0 bridgehead atoms. The number of nitrogens with zero attached hydrogens (tertiary/aromatic N) is 2. The first-order valence-corrected chi connectivity index (χ1v) is 7.18. The summed E-state index contributed by atoms with van der Waals surface area (Å²) in [4.78, 5) is 8.93. The lowest BCUT2D eigenvalue weighted by Gasteiger charge is -2.03. The molecule has 3 aromatic rings. The third kappa shape index (κ3) is 2.96. The van der Waals surface area contributed by atoms with E-state index in [-0.39, 0.29) is 0 Å². The molecule has 0 fully saturated rings. The molecule has 0 amide bonds.